The topological polar surface area (TPSA) is 52.0 Å². The van der Waals surface area contributed by atoms with Crippen molar-refractivity contribution >= 4 is 17.4 Å². The minimum Gasteiger partial charge on any atom is -0.398 e. The lowest BCUT2D eigenvalue weighted by Gasteiger charge is -2.28. The van der Waals surface area contributed by atoms with Gasteiger partial charge in [-0.25, -0.2) is 0 Å². The minimum atomic E-state index is -4.35. The van der Waals surface area contributed by atoms with E-state index in [0.717, 1.165) is 37.8 Å². The Morgan fingerprint density at radius 2 is 1.84 bits per heavy atom. The average Bonchev–Trinajstić information content (AvgIpc) is 2.33. The number of rotatable bonds is 2. The van der Waals surface area contributed by atoms with Crippen molar-refractivity contribution in [2.45, 2.75) is 48.0 Å². The van der Waals surface area contributed by atoms with E-state index in [1.807, 2.05) is 0 Å². The fraction of sp³-hybridized carbons (Fsp3) is 0.538. The van der Waals surface area contributed by atoms with Crippen LogP contribution in [-0.2, 0) is 6.18 Å². The monoisotopic (exact) mass is 290 g/mol. The molecule has 1 aliphatic rings. The van der Waals surface area contributed by atoms with Crippen LogP contribution in [0.25, 0.3) is 0 Å². The van der Waals surface area contributed by atoms with E-state index >= 15 is 0 Å². The molecule has 2 unspecified atom stereocenters. The number of nitrogen functional groups attached to an aromatic ring is 1. The molecule has 1 saturated carbocycles. The number of benzene rings is 1. The number of anilines is 1. The van der Waals surface area contributed by atoms with Crippen molar-refractivity contribution in [3.05, 3.63) is 23.8 Å². The molecule has 0 heterocycles. The first-order chi connectivity index (χ1) is 8.88. The first-order valence-corrected chi connectivity index (χ1v) is 7.15. The molecule has 2 atom stereocenters. The summed E-state index contributed by atoms with van der Waals surface area (Å²) in [6.45, 7) is 0. The molecule has 106 valence electrons. The largest absolute Gasteiger partial charge is 0.416 e. The number of thioether (sulfide) groups is 1. The third kappa shape index (κ3) is 3.57. The zero-order valence-electron chi connectivity index (χ0n) is 10.4. The van der Waals surface area contributed by atoms with Crippen molar-refractivity contribution in [2.24, 2.45) is 5.73 Å². The lowest BCUT2D eigenvalue weighted by Crippen LogP contribution is -2.35. The minimum absolute atomic E-state index is 0.0976. The SMILES string of the molecule is Nc1cc(C(F)(F)F)ccc1SC1CCCCC1N. The van der Waals surface area contributed by atoms with Crippen LogP contribution in [-0.4, -0.2) is 11.3 Å². The molecule has 1 aromatic carbocycles. The quantitative estimate of drug-likeness (QED) is 0.817. The van der Waals surface area contributed by atoms with Gasteiger partial charge in [-0.05, 0) is 31.0 Å². The molecule has 0 amide bonds. The van der Waals surface area contributed by atoms with E-state index in [0.29, 0.717) is 4.90 Å². The highest BCUT2D eigenvalue weighted by atomic mass is 32.2. The molecule has 1 aromatic rings. The summed E-state index contributed by atoms with van der Waals surface area (Å²) < 4.78 is 37.6. The van der Waals surface area contributed by atoms with Crippen LogP contribution in [0, 0.1) is 0 Å². The van der Waals surface area contributed by atoms with Gasteiger partial charge in [0.2, 0.25) is 0 Å². The highest BCUT2D eigenvalue weighted by Gasteiger charge is 2.31. The van der Waals surface area contributed by atoms with E-state index in [4.69, 9.17) is 11.5 Å². The van der Waals surface area contributed by atoms with Crippen LogP contribution in [0.3, 0.4) is 0 Å². The second kappa shape index (κ2) is 5.63. The van der Waals surface area contributed by atoms with Gasteiger partial charge in [0.15, 0.2) is 0 Å². The summed E-state index contributed by atoms with van der Waals surface area (Å²) in [5, 5.41) is 0.243. The summed E-state index contributed by atoms with van der Waals surface area (Å²) in [5.41, 5.74) is 11.2. The third-order valence-corrected chi connectivity index (χ3v) is 4.88. The maximum Gasteiger partial charge on any atom is 0.416 e. The summed E-state index contributed by atoms with van der Waals surface area (Å²) in [4.78, 5) is 0.690. The van der Waals surface area contributed by atoms with Crippen LogP contribution >= 0.6 is 11.8 Å². The zero-order chi connectivity index (χ0) is 14.0. The molecule has 1 aliphatic carbocycles. The number of nitrogens with two attached hydrogens (primary N) is 2. The van der Waals surface area contributed by atoms with Gasteiger partial charge in [0.1, 0.15) is 0 Å². The predicted molar refractivity (Wildman–Crippen MR) is 71.9 cm³/mol. The van der Waals surface area contributed by atoms with E-state index in [1.165, 1.54) is 17.8 Å². The Kier molecular flexibility index (Phi) is 4.30. The number of halogens is 3. The van der Waals surface area contributed by atoms with Gasteiger partial charge < -0.3 is 11.5 Å². The summed E-state index contributed by atoms with van der Waals surface area (Å²) in [5.74, 6) is 0. The lowest BCUT2D eigenvalue weighted by molar-refractivity contribution is -0.137. The van der Waals surface area contributed by atoms with Gasteiger partial charge in [-0.2, -0.15) is 13.2 Å². The van der Waals surface area contributed by atoms with Crippen molar-refractivity contribution in [1.29, 1.82) is 0 Å². The molecule has 4 N–H and O–H groups in total. The standard InChI is InChI=1S/C13H17F3N2S/c14-13(15,16)8-5-6-12(10(18)7-8)19-11-4-2-1-3-9(11)17/h5-7,9,11H,1-4,17-18H2. The normalized spacial score (nSPS) is 24.4. The molecule has 1 fully saturated rings. The Balaban J connectivity index is 2.13. The van der Waals surface area contributed by atoms with Crippen molar-refractivity contribution in [1.82, 2.24) is 0 Å². The molecule has 6 heteroatoms. The first kappa shape index (κ1) is 14.5. The number of alkyl halides is 3. The van der Waals surface area contributed by atoms with Gasteiger partial charge in [-0.15, -0.1) is 11.8 Å². The van der Waals surface area contributed by atoms with E-state index in [2.05, 4.69) is 0 Å². The van der Waals surface area contributed by atoms with Gasteiger partial charge in [-0.1, -0.05) is 12.8 Å². The van der Waals surface area contributed by atoms with E-state index in [1.54, 1.807) is 0 Å². The molecule has 0 spiro atoms. The molecule has 0 radical (unpaired) electrons. The van der Waals surface area contributed by atoms with Crippen LogP contribution < -0.4 is 11.5 Å². The zero-order valence-corrected chi connectivity index (χ0v) is 11.2. The molecular weight excluding hydrogens is 273 g/mol. The third-order valence-electron chi connectivity index (χ3n) is 3.37. The van der Waals surface area contributed by atoms with Crippen molar-refractivity contribution in [3.63, 3.8) is 0 Å². The van der Waals surface area contributed by atoms with Crippen molar-refractivity contribution in [3.8, 4) is 0 Å². The summed E-state index contributed by atoms with van der Waals surface area (Å²) >= 11 is 1.50. The van der Waals surface area contributed by atoms with E-state index in [9.17, 15) is 13.2 Å². The summed E-state index contributed by atoms with van der Waals surface area (Å²) in [6, 6.07) is 3.62. The maximum absolute atomic E-state index is 12.5. The maximum atomic E-state index is 12.5. The molecule has 2 nitrogen and oxygen atoms in total. The Labute approximate surface area is 114 Å². The molecule has 0 bridgehead atoms. The lowest BCUT2D eigenvalue weighted by atomic mass is 9.96. The second-order valence-electron chi connectivity index (χ2n) is 4.85. The van der Waals surface area contributed by atoms with Crippen molar-refractivity contribution < 1.29 is 13.2 Å². The van der Waals surface area contributed by atoms with Crippen LogP contribution in [0.15, 0.2) is 23.1 Å². The Bertz CT molecular complexity index is 448. The van der Waals surface area contributed by atoms with Crippen molar-refractivity contribution in [2.75, 3.05) is 5.73 Å². The highest BCUT2D eigenvalue weighted by Crippen LogP contribution is 2.38. The predicted octanol–water partition coefficient (Wildman–Crippen LogP) is 3.65. The fourth-order valence-corrected chi connectivity index (χ4v) is 3.53. The van der Waals surface area contributed by atoms with Crippen LogP contribution in [0.4, 0.5) is 18.9 Å². The number of hydrogen-bond donors (Lipinski definition) is 2. The molecule has 0 aliphatic heterocycles. The highest BCUT2D eigenvalue weighted by molar-refractivity contribution is 8.00. The first-order valence-electron chi connectivity index (χ1n) is 6.27. The Hall–Kier alpha value is -0.880. The second-order valence-corrected chi connectivity index (χ2v) is 6.14. The molecule has 0 aromatic heterocycles. The Morgan fingerprint density at radius 1 is 1.16 bits per heavy atom. The summed E-state index contributed by atoms with van der Waals surface area (Å²) in [6.07, 6.45) is -0.143. The summed E-state index contributed by atoms with van der Waals surface area (Å²) in [7, 11) is 0. The van der Waals surface area contributed by atoms with Gasteiger partial charge >= 0.3 is 6.18 Å². The van der Waals surface area contributed by atoms with Crippen LogP contribution in [0.1, 0.15) is 31.2 Å². The van der Waals surface area contributed by atoms with Gasteiger partial charge in [-0.3, -0.25) is 0 Å². The van der Waals surface area contributed by atoms with Gasteiger partial charge in [0.25, 0.3) is 0 Å². The van der Waals surface area contributed by atoms with Gasteiger partial charge in [0.05, 0.1) is 5.56 Å². The molecule has 2 rings (SSSR count). The van der Waals surface area contributed by atoms with Crippen LogP contribution in [0.5, 0.6) is 0 Å². The fourth-order valence-electron chi connectivity index (χ4n) is 2.27. The van der Waals surface area contributed by atoms with E-state index < -0.39 is 11.7 Å². The smallest absolute Gasteiger partial charge is 0.398 e. The average molecular weight is 290 g/mol. The molecule has 0 saturated heterocycles. The molecular formula is C13H17F3N2S. The Morgan fingerprint density at radius 3 is 2.42 bits per heavy atom. The number of hydrogen-bond acceptors (Lipinski definition) is 3. The molecule has 19 heavy (non-hydrogen) atoms. The van der Waals surface area contributed by atoms with E-state index in [-0.39, 0.29) is 17.0 Å². The van der Waals surface area contributed by atoms with Crippen LogP contribution in [0.2, 0.25) is 0 Å². The van der Waals surface area contributed by atoms with Gasteiger partial charge in [0, 0.05) is 21.9 Å².